The van der Waals surface area contributed by atoms with Crippen molar-refractivity contribution in [2.45, 2.75) is 19.0 Å². The summed E-state index contributed by atoms with van der Waals surface area (Å²) in [5.74, 6) is 5.50. The molecular weight excluding hydrogens is 386 g/mol. The number of hydrogen-bond acceptors (Lipinski definition) is 5. The van der Waals surface area contributed by atoms with Crippen LogP contribution in [0.15, 0.2) is 59.9 Å². The highest BCUT2D eigenvalue weighted by Crippen LogP contribution is 2.22. The van der Waals surface area contributed by atoms with Gasteiger partial charge in [0.25, 0.3) is 0 Å². The Bertz CT molecular complexity index is 1020. The van der Waals surface area contributed by atoms with E-state index in [1.165, 1.54) is 16.4 Å². The molecule has 29 heavy (non-hydrogen) atoms. The van der Waals surface area contributed by atoms with E-state index in [0.717, 1.165) is 28.1 Å². The average Bonchev–Trinajstić information content (AvgIpc) is 3.09. The second-order valence-electron chi connectivity index (χ2n) is 6.54. The maximum absolute atomic E-state index is 12.1. The van der Waals surface area contributed by atoms with Crippen LogP contribution in [0, 0.1) is 13.8 Å². The smallest absolute Gasteiger partial charge is 0.243 e. The Morgan fingerprint density at radius 2 is 1.83 bits per heavy atom. The van der Waals surface area contributed by atoms with Crippen LogP contribution in [-0.4, -0.2) is 33.8 Å². The predicted octanol–water partition coefficient (Wildman–Crippen LogP) is 2.73. The average molecular weight is 410 g/mol. The van der Waals surface area contributed by atoms with Crippen molar-refractivity contribution in [3.8, 4) is 11.3 Å². The van der Waals surface area contributed by atoms with Gasteiger partial charge in [-0.3, -0.25) is 9.59 Å². The van der Waals surface area contributed by atoms with E-state index in [0.29, 0.717) is 5.16 Å². The number of thioether (sulfide) groups is 1. The second-order valence-corrected chi connectivity index (χ2v) is 7.49. The predicted molar refractivity (Wildman–Crippen MR) is 116 cm³/mol. The highest BCUT2D eigenvalue weighted by molar-refractivity contribution is 7.99. The van der Waals surface area contributed by atoms with Gasteiger partial charge >= 0.3 is 0 Å². The summed E-state index contributed by atoms with van der Waals surface area (Å²) < 4.78 is 1.40. The molecule has 0 saturated carbocycles. The molecule has 8 heteroatoms. The number of hydrogen-bond donors (Lipinski definition) is 3. The fourth-order valence-corrected chi connectivity index (χ4v) is 3.40. The lowest BCUT2D eigenvalue weighted by Crippen LogP contribution is -2.34. The molecule has 1 aromatic heterocycles. The summed E-state index contributed by atoms with van der Waals surface area (Å²) in [6, 6.07) is 15.4. The van der Waals surface area contributed by atoms with Gasteiger partial charge in [0.2, 0.25) is 11.8 Å². The van der Waals surface area contributed by atoms with Gasteiger partial charge in [0.05, 0.1) is 24.2 Å². The minimum absolute atomic E-state index is 0.0981. The van der Waals surface area contributed by atoms with Crippen LogP contribution in [0.25, 0.3) is 11.3 Å². The molecule has 2 amide bonds. The number of benzene rings is 2. The minimum atomic E-state index is -0.274. The van der Waals surface area contributed by atoms with Gasteiger partial charge in [0.15, 0.2) is 5.16 Å². The Labute approximate surface area is 173 Å². The van der Waals surface area contributed by atoms with Crippen LogP contribution in [0.4, 0.5) is 5.69 Å². The topological polar surface area (TPSA) is 102 Å². The summed E-state index contributed by atoms with van der Waals surface area (Å²) in [4.78, 5) is 28.7. The Hall–Kier alpha value is -3.26. The fraction of sp³-hybridized carbons (Fsp3) is 0.190. The summed E-state index contributed by atoms with van der Waals surface area (Å²) >= 11 is 1.21. The highest BCUT2D eigenvalue weighted by Gasteiger charge is 2.12. The molecule has 3 rings (SSSR count). The quantitative estimate of drug-likeness (QED) is 0.411. The number of amides is 2. The van der Waals surface area contributed by atoms with E-state index in [9.17, 15) is 9.59 Å². The molecule has 0 aliphatic carbocycles. The number of carbonyl (C=O) groups is 2. The van der Waals surface area contributed by atoms with Crippen LogP contribution < -0.4 is 16.5 Å². The molecule has 0 unspecified atom stereocenters. The summed E-state index contributed by atoms with van der Waals surface area (Å²) in [5, 5.41) is 5.96. The van der Waals surface area contributed by atoms with Crippen molar-refractivity contribution in [1.82, 2.24) is 15.0 Å². The molecule has 0 atom stereocenters. The molecule has 1 heterocycles. The first-order chi connectivity index (χ1) is 13.9. The van der Waals surface area contributed by atoms with Crippen LogP contribution in [0.5, 0.6) is 0 Å². The number of nitrogen functional groups attached to an aromatic ring is 1. The zero-order valence-electron chi connectivity index (χ0n) is 16.3. The highest BCUT2D eigenvalue weighted by atomic mass is 32.2. The Morgan fingerprint density at radius 3 is 2.59 bits per heavy atom. The van der Waals surface area contributed by atoms with Crippen LogP contribution in [-0.2, 0) is 9.59 Å². The standard InChI is InChI=1S/C21H23N5O2S/c1-14-7-6-10-17(15(14)2)24-19(27)11-23-20(28)13-29-21-25-18(12-26(21)22)16-8-4-3-5-9-16/h3-10,12H,11,13,22H2,1-2H3,(H,23,28)(H,24,27). The van der Waals surface area contributed by atoms with E-state index < -0.39 is 0 Å². The maximum Gasteiger partial charge on any atom is 0.243 e. The van der Waals surface area contributed by atoms with Gasteiger partial charge in [0.1, 0.15) is 0 Å². The summed E-state index contributed by atoms with van der Waals surface area (Å²) in [6.07, 6.45) is 1.72. The molecule has 2 aromatic carbocycles. The van der Waals surface area contributed by atoms with E-state index in [4.69, 9.17) is 5.84 Å². The number of nitrogens with two attached hydrogens (primary N) is 1. The number of nitrogens with one attached hydrogen (secondary N) is 2. The monoisotopic (exact) mass is 409 g/mol. The lowest BCUT2D eigenvalue weighted by atomic mass is 10.1. The third-order valence-electron chi connectivity index (χ3n) is 4.43. The molecule has 0 aliphatic rings. The number of carbonyl (C=O) groups excluding carboxylic acids is 2. The molecule has 0 radical (unpaired) electrons. The molecule has 0 fully saturated rings. The first-order valence-corrected chi connectivity index (χ1v) is 10.1. The van der Waals surface area contributed by atoms with Gasteiger partial charge in [-0.15, -0.1) is 0 Å². The molecule has 150 valence electrons. The lowest BCUT2D eigenvalue weighted by molar-refractivity contribution is -0.122. The third kappa shape index (κ3) is 5.39. The van der Waals surface area contributed by atoms with Gasteiger partial charge < -0.3 is 16.5 Å². The van der Waals surface area contributed by atoms with E-state index in [1.54, 1.807) is 6.20 Å². The van der Waals surface area contributed by atoms with E-state index in [2.05, 4.69) is 15.6 Å². The second kappa shape index (κ2) is 9.29. The van der Waals surface area contributed by atoms with Gasteiger partial charge in [-0.1, -0.05) is 54.2 Å². The van der Waals surface area contributed by atoms with Crippen LogP contribution in [0.2, 0.25) is 0 Å². The van der Waals surface area contributed by atoms with Crippen molar-refractivity contribution in [2.24, 2.45) is 0 Å². The third-order valence-corrected chi connectivity index (χ3v) is 5.39. The number of nitrogens with zero attached hydrogens (tertiary/aromatic N) is 2. The molecule has 0 bridgehead atoms. The number of aromatic nitrogens is 2. The number of aryl methyl sites for hydroxylation is 1. The molecule has 0 saturated heterocycles. The number of imidazole rings is 1. The van der Waals surface area contributed by atoms with E-state index in [-0.39, 0.29) is 24.1 Å². The Kier molecular flexibility index (Phi) is 6.56. The zero-order valence-corrected chi connectivity index (χ0v) is 17.1. The minimum Gasteiger partial charge on any atom is -0.346 e. The first kappa shape index (κ1) is 20.5. The van der Waals surface area contributed by atoms with Gasteiger partial charge in [-0.05, 0) is 31.0 Å². The molecule has 7 nitrogen and oxygen atoms in total. The first-order valence-electron chi connectivity index (χ1n) is 9.09. The fourth-order valence-electron chi connectivity index (χ4n) is 2.67. The van der Waals surface area contributed by atoms with Crippen molar-refractivity contribution in [2.75, 3.05) is 23.5 Å². The summed E-state index contributed by atoms with van der Waals surface area (Å²) in [5.41, 5.74) is 4.54. The molecule has 4 N–H and O–H groups in total. The Balaban J connectivity index is 1.48. The molecule has 0 spiro atoms. The summed E-state index contributed by atoms with van der Waals surface area (Å²) in [7, 11) is 0. The van der Waals surface area contributed by atoms with Crippen LogP contribution in [0.3, 0.4) is 0 Å². The van der Waals surface area contributed by atoms with Crippen molar-refractivity contribution in [1.29, 1.82) is 0 Å². The normalized spacial score (nSPS) is 10.6. The van der Waals surface area contributed by atoms with Crippen molar-refractivity contribution in [3.05, 3.63) is 65.9 Å². The van der Waals surface area contributed by atoms with Gasteiger partial charge in [0, 0.05) is 11.3 Å². The largest absolute Gasteiger partial charge is 0.346 e. The molecule has 0 aliphatic heterocycles. The lowest BCUT2D eigenvalue weighted by Gasteiger charge is -2.10. The SMILES string of the molecule is Cc1cccc(NC(=O)CNC(=O)CSc2nc(-c3ccccc3)cn2N)c1C. The molecular formula is C21H23N5O2S. The van der Waals surface area contributed by atoms with E-state index in [1.807, 2.05) is 62.4 Å². The zero-order chi connectivity index (χ0) is 20.8. The van der Waals surface area contributed by atoms with E-state index >= 15 is 0 Å². The van der Waals surface area contributed by atoms with Crippen molar-refractivity contribution >= 4 is 29.3 Å². The number of anilines is 1. The van der Waals surface area contributed by atoms with Crippen LogP contribution >= 0.6 is 11.8 Å². The maximum atomic E-state index is 12.1. The summed E-state index contributed by atoms with van der Waals surface area (Å²) in [6.45, 7) is 3.83. The number of rotatable bonds is 7. The molecule has 3 aromatic rings. The Morgan fingerprint density at radius 1 is 1.07 bits per heavy atom. The van der Waals surface area contributed by atoms with Gasteiger partial charge in [-0.25, -0.2) is 9.66 Å². The van der Waals surface area contributed by atoms with Crippen molar-refractivity contribution in [3.63, 3.8) is 0 Å². The van der Waals surface area contributed by atoms with Gasteiger partial charge in [-0.2, -0.15) is 0 Å². The van der Waals surface area contributed by atoms with Crippen molar-refractivity contribution < 1.29 is 9.59 Å². The van der Waals surface area contributed by atoms with Crippen LogP contribution in [0.1, 0.15) is 11.1 Å².